The maximum atomic E-state index is 11.8. The van der Waals surface area contributed by atoms with E-state index in [-0.39, 0.29) is 23.8 Å². The number of benzene rings is 2. The molecule has 3 nitrogen and oxygen atoms in total. The average molecular weight is 346 g/mol. The molecular weight excluding hydrogens is 322 g/mol. The summed E-state index contributed by atoms with van der Waals surface area (Å²) in [7, 11) is 1.42. The molecule has 1 saturated heterocycles. The van der Waals surface area contributed by atoms with Crippen LogP contribution in [0.25, 0.3) is 0 Å². The molecule has 1 unspecified atom stereocenters. The Balaban J connectivity index is 0.00000208. The molecule has 3 rings (SSSR count). The van der Waals surface area contributed by atoms with Gasteiger partial charge in [-0.3, -0.25) is 4.90 Å². The molecule has 0 aromatic heterocycles. The quantitative estimate of drug-likeness (QED) is 0.783. The minimum Gasteiger partial charge on any atom is -0.465 e. The number of methoxy groups -OCH3 is 1. The summed E-state index contributed by atoms with van der Waals surface area (Å²) in [5.41, 5.74) is 3.28. The Bertz CT molecular complexity index is 689. The normalized spacial score (nSPS) is 20.4. The molecule has 2 aromatic rings. The third-order valence-corrected chi connectivity index (χ3v) is 4.78. The van der Waals surface area contributed by atoms with Gasteiger partial charge in [0.15, 0.2) is 0 Å². The largest absolute Gasteiger partial charge is 0.465 e. The summed E-state index contributed by atoms with van der Waals surface area (Å²) < 4.78 is 4.84. The maximum Gasteiger partial charge on any atom is 0.337 e. The van der Waals surface area contributed by atoms with E-state index in [1.54, 1.807) is 0 Å². The van der Waals surface area contributed by atoms with Crippen molar-refractivity contribution < 1.29 is 9.53 Å². The minimum atomic E-state index is -0.269. The molecule has 0 N–H and O–H groups in total. The maximum absolute atomic E-state index is 11.8. The summed E-state index contributed by atoms with van der Waals surface area (Å²) in [6.07, 6.45) is 1.10. The van der Waals surface area contributed by atoms with Crippen LogP contribution in [0.2, 0.25) is 0 Å². The zero-order valence-corrected chi connectivity index (χ0v) is 15.0. The van der Waals surface area contributed by atoms with Gasteiger partial charge in [0.2, 0.25) is 0 Å². The fraction of sp³-hybridized carbons (Fsp3) is 0.350. The fourth-order valence-electron chi connectivity index (χ4n) is 3.41. The molecule has 2 aromatic carbocycles. The Morgan fingerprint density at radius 1 is 1.17 bits per heavy atom. The summed E-state index contributed by atoms with van der Waals surface area (Å²) >= 11 is 0. The van der Waals surface area contributed by atoms with Crippen molar-refractivity contribution in [1.82, 2.24) is 4.90 Å². The number of halogens is 1. The van der Waals surface area contributed by atoms with Crippen molar-refractivity contribution in [3.63, 3.8) is 0 Å². The predicted octanol–water partition coefficient (Wildman–Crippen LogP) is 4.06. The Morgan fingerprint density at radius 3 is 2.62 bits per heavy atom. The number of ether oxygens (including phenoxy) is 1. The van der Waals surface area contributed by atoms with Crippen molar-refractivity contribution in [2.75, 3.05) is 20.2 Å². The summed E-state index contributed by atoms with van der Waals surface area (Å²) in [5.74, 6) is -0.269. The second-order valence-corrected chi connectivity index (χ2v) is 6.58. The van der Waals surface area contributed by atoms with Gasteiger partial charge in [-0.25, -0.2) is 4.79 Å². The standard InChI is InChI=1S/C20H23NO2.ClH/c1-20(18-10-6-9-17(13-18)19(22)23-2)11-12-21(15-20)14-16-7-4-3-5-8-16;/h3-10,13H,11-12,14-15H2,1-2H3;1H. The van der Waals surface area contributed by atoms with Gasteiger partial charge in [-0.1, -0.05) is 49.4 Å². The molecule has 0 saturated carbocycles. The van der Waals surface area contributed by atoms with Crippen molar-refractivity contribution in [3.8, 4) is 0 Å². The third-order valence-electron chi connectivity index (χ3n) is 4.78. The number of carbonyl (C=O) groups excluding carboxylic acids is 1. The first kappa shape index (κ1) is 18.5. The molecule has 0 radical (unpaired) electrons. The van der Waals surface area contributed by atoms with Gasteiger partial charge in [-0.15, -0.1) is 12.4 Å². The predicted molar refractivity (Wildman–Crippen MR) is 98.7 cm³/mol. The van der Waals surface area contributed by atoms with E-state index in [0.29, 0.717) is 5.56 Å². The third kappa shape index (κ3) is 3.97. The molecule has 4 heteroatoms. The van der Waals surface area contributed by atoms with Crippen molar-refractivity contribution in [2.24, 2.45) is 0 Å². The van der Waals surface area contributed by atoms with E-state index >= 15 is 0 Å². The van der Waals surface area contributed by atoms with Gasteiger partial charge in [-0.2, -0.15) is 0 Å². The number of hydrogen-bond donors (Lipinski definition) is 0. The molecule has 1 aliphatic rings. The Labute approximate surface area is 150 Å². The Hall–Kier alpha value is -1.84. The lowest BCUT2D eigenvalue weighted by atomic mass is 9.81. The van der Waals surface area contributed by atoms with Crippen LogP contribution in [0.1, 0.15) is 34.8 Å². The van der Waals surface area contributed by atoms with Gasteiger partial charge in [-0.05, 0) is 36.2 Å². The number of hydrogen-bond acceptors (Lipinski definition) is 3. The van der Waals surface area contributed by atoms with Crippen LogP contribution in [0.3, 0.4) is 0 Å². The molecular formula is C20H24ClNO2. The lowest BCUT2D eigenvalue weighted by Gasteiger charge is -2.26. The summed E-state index contributed by atoms with van der Waals surface area (Å²) in [6.45, 7) is 5.35. The molecule has 1 fully saturated rings. The first-order valence-electron chi connectivity index (χ1n) is 8.06. The highest BCUT2D eigenvalue weighted by Gasteiger charge is 2.35. The van der Waals surface area contributed by atoms with Crippen LogP contribution in [-0.2, 0) is 16.7 Å². The van der Waals surface area contributed by atoms with Crippen molar-refractivity contribution in [3.05, 3.63) is 71.3 Å². The van der Waals surface area contributed by atoms with Gasteiger partial charge in [0.25, 0.3) is 0 Å². The highest BCUT2D eigenvalue weighted by molar-refractivity contribution is 5.89. The SMILES string of the molecule is COC(=O)c1cccc(C2(C)CCN(Cc3ccccc3)C2)c1.Cl. The molecule has 1 heterocycles. The van der Waals surface area contributed by atoms with Crippen LogP contribution in [-0.4, -0.2) is 31.1 Å². The summed E-state index contributed by atoms with van der Waals surface area (Å²) in [4.78, 5) is 14.2. The number of carbonyl (C=O) groups is 1. The van der Waals surface area contributed by atoms with E-state index < -0.39 is 0 Å². The zero-order valence-electron chi connectivity index (χ0n) is 14.2. The highest BCUT2D eigenvalue weighted by atomic mass is 35.5. The number of rotatable bonds is 4. The second kappa shape index (κ2) is 7.82. The first-order valence-corrected chi connectivity index (χ1v) is 8.06. The Kier molecular flexibility index (Phi) is 6.03. The van der Waals surface area contributed by atoms with E-state index in [4.69, 9.17) is 4.74 Å². The van der Waals surface area contributed by atoms with Gasteiger partial charge >= 0.3 is 5.97 Å². The number of likely N-dealkylation sites (tertiary alicyclic amines) is 1. The smallest absolute Gasteiger partial charge is 0.337 e. The molecule has 24 heavy (non-hydrogen) atoms. The molecule has 0 amide bonds. The van der Waals surface area contributed by atoms with Gasteiger partial charge in [0.05, 0.1) is 12.7 Å². The van der Waals surface area contributed by atoms with Crippen LogP contribution in [0.4, 0.5) is 0 Å². The van der Waals surface area contributed by atoms with Crippen molar-refractivity contribution in [2.45, 2.75) is 25.3 Å². The molecule has 0 spiro atoms. The molecule has 128 valence electrons. The van der Waals surface area contributed by atoms with Crippen LogP contribution in [0.15, 0.2) is 54.6 Å². The van der Waals surface area contributed by atoms with Gasteiger partial charge in [0, 0.05) is 18.5 Å². The average Bonchev–Trinajstić information content (AvgIpc) is 2.97. The van der Waals surface area contributed by atoms with Gasteiger partial charge in [0.1, 0.15) is 0 Å². The number of esters is 1. The topological polar surface area (TPSA) is 29.5 Å². The monoisotopic (exact) mass is 345 g/mol. The van der Waals surface area contributed by atoms with Gasteiger partial charge < -0.3 is 4.74 Å². The highest BCUT2D eigenvalue weighted by Crippen LogP contribution is 2.35. The van der Waals surface area contributed by atoms with E-state index in [1.807, 2.05) is 18.2 Å². The first-order chi connectivity index (χ1) is 11.1. The van der Waals surface area contributed by atoms with Crippen LogP contribution < -0.4 is 0 Å². The number of nitrogens with zero attached hydrogens (tertiary/aromatic N) is 1. The Morgan fingerprint density at radius 2 is 1.92 bits per heavy atom. The van der Waals surface area contributed by atoms with Crippen molar-refractivity contribution >= 4 is 18.4 Å². The lowest BCUT2D eigenvalue weighted by Crippen LogP contribution is -2.28. The summed E-state index contributed by atoms with van der Waals surface area (Å²) in [5, 5.41) is 0. The van der Waals surface area contributed by atoms with Crippen LogP contribution in [0.5, 0.6) is 0 Å². The molecule has 1 atom stereocenters. The molecule has 1 aliphatic heterocycles. The molecule has 0 aliphatic carbocycles. The fourth-order valence-corrected chi connectivity index (χ4v) is 3.41. The van der Waals surface area contributed by atoms with Crippen LogP contribution >= 0.6 is 12.4 Å². The second-order valence-electron chi connectivity index (χ2n) is 6.58. The zero-order chi connectivity index (χ0) is 16.3. The van der Waals surface area contributed by atoms with Crippen molar-refractivity contribution in [1.29, 1.82) is 0 Å². The lowest BCUT2D eigenvalue weighted by molar-refractivity contribution is 0.0600. The van der Waals surface area contributed by atoms with E-state index in [0.717, 1.165) is 26.1 Å². The molecule has 0 bridgehead atoms. The van der Waals surface area contributed by atoms with Crippen LogP contribution in [0, 0.1) is 0 Å². The van der Waals surface area contributed by atoms with E-state index in [2.05, 4.69) is 48.2 Å². The van der Waals surface area contributed by atoms with E-state index in [1.165, 1.54) is 18.2 Å². The minimum absolute atomic E-state index is 0. The summed E-state index contributed by atoms with van der Waals surface area (Å²) in [6, 6.07) is 18.4. The van der Waals surface area contributed by atoms with E-state index in [9.17, 15) is 4.79 Å².